The van der Waals surface area contributed by atoms with Crippen molar-refractivity contribution in [2.24, 2.45) is 0 Å². The van der Waals surface area contributed by atoms with E-state index in [4.69, 9.17) is 4.42 Å². The molecule has 0 aliphatic carbocycles. The van der Waals surface area contributed by atoms with E-state index in [1.165, 1.54) is 24.3 Å². The second-order valence-corrected chi connectivity index (χ2v) is 6.50. The van der Waals surface area contributed by atoms with Crippen LogP contribution >= 0.6 is 0 Å². The van der Waals surface area contributed by atoms with Gasteiger partial charge in [0.2, 0.25) is 0 Å². The summed E-state index contributed by atoms with van der Waals surface area (Å²) in [6.07, 6.45) is 0. The average Bonchev–Trinajstić information content (AvgIpc) is 2.54. The number of nitro groups is 1. The predicted molar refractivity (Wildman–Crippen MR) is 86.4 cm³/mol. The molecule has 0 aliphatic rings. The fourth-order valence-electron chi connectivity index (χ4n) is 2.11. The Hall–Kier alpha value is -3.20. The molecule has 3 aromatic rings. The van der Waals surface area contributed by atoms with Crippen LogP contribution in [-0.2, 0) is 10.0 Å². The lowest BCUT2D eigenvalue weighted by Gasteiger charge is -2.07. The Balaban J connectivity index is 2.12. The van der Waals surface area contributed by atoms with Gasteiger partial charge in [0.05, 0.1) is 4.92 Å². The van der Waals surface area contributed by atoms with Crippen LogP contribution in [0.25, 0.3) is 11.0 Å². The van der Waals surface area contributed by atoms with Crippen LogP contribution in [0.1, 0.15) is 0 Å². The minimum atomic E-state index is -4.19. The summed E-state index contributed by atoms with van der Waals surface area (Å²) in [5, 5.41) is 11.0. The van der Waals surface area contributed by atoms with E-state index in [9.17, 15) is 23.3 Å². The minimum absolute atomic E-state index is 0.0595. The number of hydrogen-bond acceptors (Lipinski definition) is 6. The smallest absolute Gasteiger partial charge is 0.357 e. The van der Waals surface area contributed by atoms with Gasteiger partial charge in [-0.3, -0.25) is 14.8 Å². The summed E-state index contributed by atoms with van der Waals surface area (Å²) < 4.78 is 32.0. The lowest BCUT2D eigenvalue weighted by Crippen LogP contribution is -2.20. The Morgan fingerprint density at radius 3 is 2.42 bits per heavy atom. The van der Waals surface area contributed by atoms with Crippen LogP contribution in [0.2, 0.25) is 0 Å². The number of hydrogen-bond donors (Lipinski definition) is 1. The van der Waals surface area contributed by atoms with Gasteiger partial charge >= 0.3 is 5.63 Å². The van der Waals surface area contributed by atoms with Crippen molar-refractivity contribution < 1.29 is 17.8 Å². The number of rotatable bonds is 4. The summed E-state index contributed by atoms with van der Waals surface area (Å²) in [6.45, 7) is 0. The van der Waals surface area contributed by atoms with Crippen molar-refractivity contribution in [2.75, 3.05) is 4.72 Å². The molecule has 0 unspecified atom stereocenters. The molecule has 0 fully saturated rings. The molecule has 0 aliphatic heterocycles. The van der Waals surface area contributed by atoms with Gasteiger partial charge in [0.15, 0.2) is 4.90 Å². The maximum atomic E-state index is 12.4. The highest BCUT2D eigenvalue weighted by Crippen LogP contribution is 2.22. The van der Waals surface area contributed by atoms with E-state index in [0.29, 0.717) is 0 Å². The molecule has 0 spiro atoms. The molecule has 1 aromatic heterocycles. The van der Waals surface area contributed by atoms with Crippen LogP contribution in [0, 0.1) is 10.1 Å². The van der Waals surface area contributed by atoms with Crippen molar-refractivity contribution in [1.29, 1.82) is 0 Å². The third-order valence-electron chi connectivity index (χ3n) is 3.21. The van der Waals surface area contributed by atoms with Crippen LogP contribution in [0.4, 0.5) is 11.4 Å². The van der Waals surface area contributed by atoms with Gasteiger partial charge in [0.25, 0.3) is 15.7 Å². The Morgan fingerprint density at radius 1 is 1.04 bits per heavy atom. The van der Waals surface area contributed by atoms with Gasteiger partial charge in [-0.15, -0.1) is 0 Å². The van der Waals surface area contributed by atoms with Crippen LogP contribution in [-0.4, -0.2) is 13.3 Å². The summed E-state index contributed by atoms with van der Waals surface area (Å²) in [4.78, 5) is 21.5. The largest absolute Gasteiger partial charge is 0.422 e. The first-order valence-electron chi connectivity index (χ1n) is 6.67. The number of nitrogens with one attached hydrogen (secondary N) is 1. The number of nitro benzene ring substituents is 1. The van der Waals surface area contributed by atoms with Crippen molar-refractivity contribution in [3.05, 3.63) is 75.1 Å². The van der Waals surface area contributed by atoms with E-state index < -0.39 is 25.5 Å². The Labute approximate surface area is 135 Å². The fraction of sp³-hybridized carbons (Fsp3) is 0. The molecule has 3 rings (SSSR count). The highest BCUT2D eigenvalue weighted by Gasteiger charge is 2.21. The van der Waals surface area contributed by atoms with E-state index in [1.54, 1.807) is 18.2 Å². The first-order valence-corrected chi connectivity index (χ1v) is 8.15. The normalized spacial score (nSPS) is 11.3. The molecule has 0 atom stereocenters. The molecule has 2 aromatic carbocycles. The maximum absolute atomic E-state index is 12.4. The molecule has 0 amide bonds. The monoisotopic (exact) mass is 346 g/mol. The lowest BCUT2D eigenvalue weighted by atomic mass is 10.2. The van der Waals surface area contributed by atoms with Gasteiger partial charge in [-0.1, -0.05) is 18.2 Å². The number of fused-ring (bicyclic) bond motifs is 1. The van der Waals surface area contributed by atoms with Crippen molar-refractivity contribution in [2.45, 2.75) is 4.90 Å². The highest BCUT2D eigenvalue weighted by molar-refractivity contribution is 7.92. The summed E-state index contributed by atoms with van der Waals surface area (Å²) in [5.41, 5.74) is -0.962. The molecule has 122 valence electrons. The Kier molecular flexibility index (Phi) is 3.78. The molecular formula is C15H10N2O6S. The maximum Gasteiger partial charge on any atom is 0.357 e. The molecule has 0 bridgehead atoms. The Bertz CT molecular complexity index is 1090. The number of sulfonamides is 1. The SMILES string of the molecule is O=c1oc2ccc([N+](=O)[O-])cc2cc1S(=O)(=O)Nc1ccccc1. The van der Waals surface area contributed by atoms with Crippen LogP contribution in [0.15, 0.2) is 68.7 Å². The first-order chi connectivity index (χ1) is 11.4. The molecular weight excluding hydrogens is 336 g/mol. The number of benzene rings is 2. The van der Waals surface area contributed by atoms with Crippen molar-refractivity contribution in [1.82, 2.24) is 0 Å². The van der Waals surface area contributed by atoms with Gasteiger partial charge < -0.3 is 4.42 Å². The van der Waals surface area contributed by atoms with Crippen molar-refractivity contribution in [3.8, 4) is 0 Å². The second kappa shape index (κ2) is 5.78. The summed E-state index contributed by atoms with van der Waals surface area (Å²) >= 11 is 0. The number of non-ortho nitro benzene ring substituents is 1. The van der Waals surface area contributed by atoms with Gasteiger partial charge in [-0.2, -0.15) is 0 Å². The standard InChI is InChI=1S/C15H10N2O6S/c18-15-14(24(21,22)16-11-4-2-1-3-5-11)9-10-8-12(17(19)20)6-7-13(10)23-15/h1-9,16H. The van der Waals surface area contributed by atoms with E-state index in [2.05, 4.69) is 4.72 Å². The highest BCUT2D eigenvalue weighted by atomic mass is 32.2. The zero-order chi connectivity index (χ0) is 17.3. The van der Waals surface area contributed by atoms with Crippen LogP contribution in [0.5, 0.6) is 0 Å². The predicted octanol–water partition coefficient (Wildman–Crippen LogP) is 2.50. The van der Waals surface area contributed by atoms with E-state index in [1.807, 2.05) is 0 Å². The number of anilines is 1. The van der Waals surface area contributed by atoms with Gasteiger partial charge in [0.1, 0.15) is 5.58 Å². The van der Waals surface area contributed by atoms with E-state index >= 15 is 0 Å². The molecule has 24 heavy (non-hydrogen) atoms. The summed E-state index contributed by atoms with van der Waals surface area (Å²) in [5.74, 6) is 0. The van der Waals surface area contributed by atoms with Crippen molar-refractivity contribution in [3.63, 3.8) is 0 Å². The van der Waals surface area contributed by atoms with Gasteiger partial charge in [-0.05, 0) is 24.3 Å². The first kappa shape index (κ1) is 15.7. The molecule has 8 nitrogen and oxygen atoms in total. The fourth-order valence-corrected chi connectivity index (χ4v) is 3.21. The average molecular weight is 346 g/mol. The summed E-state index contributed by atoms with van der Waals surface area (Å²) in [7, 11) is -4.19. The van der Waals surface area contributed by atoms with E-state index in [0.717, 1.165) is 12.1 Å². The van der Waals surface area contributed by atoms with E-state index in [-0.39, 0.29) is 22.3 Å². The molecule has 1 N–H and O–H groups in total. The molecule has 0 radical (unpaired) electrons. The quantitative estimate of drug-likeness (QED) is 0.440. The zero-order valence-corrected chi connectivity index (χ0v) is 12.8. The molecule has 0 saturated heterocycles. The molecule has 1 heterocycles. The zero-order valence-electron chi connectivity index (χ0n) is 12.0. The summed E-state index contributed by atoms with van der Waals surface area (Å²) in [6, 6.07) is 12.6. The number of para-hydroxylation sites is 1. The van der Waals surface area contributed by atoms with Crippen molar-refractivity contribution >= 4 is 32.4 Å². The molecule has 9 heteroatoms. The second-order valence-electron chi connectivity index (χ2n) is 4.85. The third kappa shape index (κ3) is 2.97. The third-order valence-corrected chi connectivity index (χ3v) is 4.58. The molecule has 0 saturated carbocycles. The number of nitrogens with zero attached hydrogens (tertiary/aromatic N) is 1. The van der Waals surface area contributed by atoms with Gasteiger partial charge in [-0.25, -0.2) is 13.2 Å². The lowest BCUT2D eigenvalue weighted by molar-refractivity contribution is -0.384. The minimum Gasteiger partial charge on any atom is -0.422 e. The topological polar surface area (TPSA) is 120 Å². The van der Waals surface area contributed by atoms with Gasteiger partial charge in [0, 0.05) is 23.2 Å². The van der Waals surface area contributed by atoms with Crippen LogP contribution in [0.3, 0.4) is 0 Å². The van der Waals surface area contributed by atoms with Crippen LogP contribution < -0.4 is 10.3 Å². The Morgan fingerprint density at radius 2 is 1.75 bits per heavy atom.